The third-order valence-corrected chi connectivity index (χ3v) is 6.96. The molecule has 2 aliphatic rings. The van der Waals surface area contributed by atoms with Crippen molar-refractivity contribution in [3.63, 3.8) is 0 Å². The summed E-state index contributed by atoms with van der Waals surface area (Å²) in [6, 6.07) is 8.37. The Balaban J connectivity index is 1.73. The Kier molecular flexibility index (Phi) is 6.86. The molecule has 1 atom stereocenters. The second kappa shape index (κ2) is 9.65. The summed E-state index contributed by atoms with van der Waals surface area (Å²) in [4.78, 5) is 15.1. The molecule has 0 aromatic heterocycles. The van der Waals surface area contributed by atoms with E-state index in [1.54, 1.807) is 24.1 Å². The van der Waals surface area contributed by atoms with Gasteiger partial charge in [0.2, 0.25) is 5.91 Å². The van der Waals surface area contributed by atoms with Crippen molar-refractivity contribution in [3.05, 3.63) is 58.7 Å². The van der Waals surface area contributed by atoms with Gasteiger partial charge in [-0.15, -0.1) is 0 Å². The first-order valence-electron chi connectivity index (χ1n) is 11.5. The van der Waals surface area contributed by atoms with Crippen molar-refractivity contribution in [2.75, 3.05) is 20.8 Å². The summed E-state index contributed by atoms with van der Waals surface area (Å²) in [5, 5.41) is 0. The van der Waals surface area contributed by atoms with Crippen molar-refractivity contribution in [2.45, 2.75) is 57.2 Å². The van der Waals surface area contributed by atoms with Crippen LogP contribution in [-0.4, -0.2) is 31.6 Å². The molecule has 0 N–H and O–H groups in total. The topological polar surface area (TPSA) is 38.8 Å². The van der Waals surface area contributed by atoms with Gasteiger partial charge in [-0.05, 0) is 59.7 Å². The molecule has 2 aromatic carbocycles. The van der Waals surface area contributed by atoms with Gasteiger partial charge in [0.05, 0.1) is 25.8 Å². The molecule has 1 saturated carbocycles. The first-order chi connectivity index (χ1) is 15.8. The highest BCUT2D eigenvalue weighted by atomic mass is 19.4. The van der Waals surface area contributed by atoms with Crippen LogP contribution in [0, 0.1) is 5.92 Å². The number of amides is 1. The molecule has 1 heterocycles. The number of alkyl halides is 3. The van der Waals surface area contributed by atoms with E-state index in [1.165, 1.54) is 26.0 Å². The molecule has 0 bridgehead atoms. The van der Waals surface area contributed by atoms with Crippen LogP contribution in [0.5, 0.6) is 11.5 Å². The quantitative estimate of drug-likeness (QED) is 0.517. The molecule has 0 saturated heterocycles. The number of hydrogen-bond acceptors (Lipinski definition) is 3. The number of methoxy groups -OCH3 is 2. The van der Waals surface area contributed by atoms with Crippen LogP contribution in [0.25, 0.3) is 0 Å². The molecule has 1 fully saturated rings. The number of nitrogens with zero attached hydrogens (tertiary/aromatic N) is 1. The molecule has 0 radical (unpaired) electrons. The van der Waals surface area contributed by atoms with E-state index in [4.69, 9.17) is 9.47 Å². The average molecular weight is 462 g/mol. The lowest BCUT2D eigenvalue weighted by Crippen LogP contribution is -2.40. The highest BCUT2D eigenvalue weighted by Gasteiger charge is 2.36. The van der Waals surface area contributed by atoms with E-state index in [-0.39, 0.29) is 5.91 Å². The maximum atomic E-state index is 13.5. The van der Waals surface area contributed by atoms with Crippen LogP contribution < -0.4 is 9.47 Å². The van der Waals surface area contributed by atoms with Gasteiger partial charge < -0.3 is 14.4 Å². The Morgan fingerprint density at radius 1 is 1.06 bits per heavy atom. The number of rotatable bonds is 6. The second-order valence-electron chi connectivity index (χ2n) is 8.96. The van der Waals surface area contributed by atoms with E-state index < -0.39 is 17.8 Å². The number of benzene rings is 2. The van der Waals surface area contributed by atoms with Crippen molar-refractivity contribution in [2.24, 2.45) is 5.92 Å². The summed E-state index contributed by atoms with van der Waals surface area (Å²) in [5.41, 5.74) is 1.47. The Labute approximate surface area is 192 Å². The summed E-state index contributed by atoms with van der Waals surface area (Å²) in [6.45, 7) is 0.451. The lowest BCUT2D eigenvalue weighted by atomic mass is 9.86. The van der Waals surface area contributed by atoms with Gasteiger partial charge in [0.1, 0.15) is 0 Å². The zero-order valence-electron chi connectivity index (χ0n) is 19.1. The molecule has 0 spiro atoms. The van der Waals surface area contributed by atoms with Crippen molar-refractivity contribution >= 4 is 5.91 Å². The number of hydrogen-bond donors (Lipinski definition) is 0. The minimum atomic E-state index is -4.46. The van der Waals surface area contributed by atoms with E-state index in [1.807, 2.05) is 6.07 Å². The van der Waals surface area contributed by atoms with Crippen molar-refractivity contribution in [1.82, 2.24) is 4.90 Å². The average Bonchev–Trinajstić information content (AvgIpc) is 3.34. The molecule has 2 aromatic rings. The Hall–Kier alpha value is -2.70. The summed E-state index contributed by atoms with van der Waals surface area (Å²) in [7, 11) is 3.08. The summed E-state index contributed by atoms with van der Waals surface area (Å²) >= 11 is 0. The maximum Gasteiger partial charge on any atom is 0.416 e. The van der Waals surface area contributed by atoms with Crippen LogP contribution in [-0.2, 0) is 17.4 Å². The Morgan fingerprint density at radius 3 is 2.42 bits per heavy atom. The number of ether oxygens (including phenoxy) is 2. The highest BCUT2D eigenvalue weighted by Crippen LogP contribution is 2.42. The molecule has 33 heavy (non-hydrogen) atoms. The molecule has 4 nitrogen and oxygen atoms in total. The molecule has 178 valence electrons. The fraction of sp³-hybridized carbons (Fsp3) is 0.500. The van der Waals surface area contributed by atoms with Gasteiger partial charge in [-0.1, -0.05) is 37.8 Å². The van der Waals surface area contributed by atoms with Gasteiger partial charge in [0.15, 0.2) is 11.5 Å². The number of fused-ring (bicyclic) bond motifs is 1. The molecule has 7 heteroatoms. The van der Waals surface area contributed by atoms with E-state index >= 15 is 0 Å². The first-order valence-corrected chi connectivity index (χ1v) is 11.5. The van der Waals surface area contributed by atoms with Crippen molar-refractivity contribution < 1.29 is 27.4 Å². The highest BCUT2D eigenvalue weighted by molar-refractivity contribution is 5.78. The van der Waals surface area contributed by atoms with Crippen LogP contribution in [0.2, 0.25) is 0 Å². The molecule has 1 unspecified atom stereocenters. The van der Waals surface area contributed by atoms with E-state index in [0.29, 0.717) is 42.4 Å². The molecule has 1 amide bonds. The van der Waals surface area contributed by atoms with Gasteiger partial charge in [-0.2, -0.15) is 13.2 Å². The Bertz CT molecular complexity index is 999. The smallest absolute Gasteiger partial charge is 0.416 e. The van der Waals surface area contributed by atoms with Crippen LogP contribution in [0.3, 0.4) is 0 Å². The molecule has 4 rings (SSSR count). The van der Waals surface area contributed by atoms with Crippen molar-refractivity contribution in [1.29, 1.82) is 0 Å². The summed E-state index contributed by atoms with van der Waals surface area (Å²) in [5.74, 6) is 1.63. The van der Waals surface area contributed by atoms with Crippen LogP contribution in [0.4, 0.5) is 13.2 Å². The van der Waals surface area contributed by atoms with Gasteiger partial charge in [-0.3, -0.25) is 4.79 Å². The van der Waals surface area contributed by atoms with E-state index in [2.05, 4.69) is 0 Å². The normalized spacial score (nSPS) is 18.8. The van der Waals surface area contributed by atoms with Crippen LogP contribution in [0.15, 0.2) is 36.4 Å². The molecule has 1 aliphatic carbocycles. The van der Waals surface area contributed by atoms with Gasteiger partial charge in [0.25, 0.3) is 0 Å². The maximum absolute atomic E-state index is 13.5. The number of halogens is 3. The zero-order chi connectivity index (χ0) is 23.6. The van der Waals surface area contributed by atoms with Crippen molar-refractivity contribution in [3.8, 4) is 11.5 Å². The third kappa shape index (κ3) is 4.97. The van der Waals surface area contributed by atoms with E-state index in [0.717, 1.165) is 42.5 Å². The minimum Gasteiger partial charge on any atom is -0.493 e. The molecule has 1 aliphatic heterocycles. The van der Waals surface area contributed by atoms with Crippen LogP contribution in [0.1, 0.15) is 66.8 Å². The summed E-state index contributed by atoms with van der Waals surface area (Å²) in [6.07, 6.45) is 2.15. The first kappa shape index (κ1) is 23.5. The fourth-order valence-electron chi connectivity index (χ4n) is 5.23. The molecular formula is C26H30F3NO3. The zero-order valence-corrected chi connectivity index (χ0v) is 19.1. The summed E-state index contributed by atoms with van der Waals surface area (Å²) < 4.78 is 51.3. The molecular weight excluding hydrogens is 431 g/mol. The number of carbonyl (C=O) groups excluding carboxylic acids is 1. The third-order valence-electron chi connectivity index (χ3n) is 6.96. The van der Waals surface area contributed by atoms with Gasteiger partial charge in [-0.25, -0.2) is 0 Å². The fourth-order valence-corrected chi connectivity index (χ4v) is 5.23. The standard InChI is InChI=1S/C26H30F3NO3/c1-32-22-15-18-12-13-30(24(31)11-10-17-6-3-4-7-17)25(21(18)16-23(22)33-2)19-8-5-9-20(14-19)26(27,28)29/h5,8-9,14-17,25H,3-4,6-7,10-13H2,1-2H3. The largest absolute Gasteiger partial charge is 0.493 e. The Morgan fingerprint density at radius 2 is 1.76 bits per heavy atom. The predicted molar refractivity (Wildman–Crippen MR) is 119 cm³/mol. The SMILES string of the molecule is COc1cc2c(cc1OC)C(c1cccc(C(F)(F)F)c1)N(C(=O)CCC1CCCC1)CC2. The predicted octanol–water partition coefficient (Wildman–Crippen LogP) is 6.17. The lowest BCUT2D eigenvalue weighted by Gasteiger charge is -2.38. The van der Waals surface area contributed by atoms with E-state index in [9.17, 15) is 18.0 Å². The lowest BCUT2D eigenvalue weighted by molar-refractivity contribution is -0.137. The number of carbonyl (C=O) groups is 1. The van der Waals surface area contributed by atoms with Gasteiger partial charge in [0, 0.05) is 13.0 Å². The monoisotopic (exact) mass is 461 g/mol. The second-order valence-corrected chi connectivity index (χ2v) is 8.96. The minimum absolute atomic E-state index is 0.00949. The van der Waals surface area contributed by atoms with Crippen LogP contribution >= 0.6 is 0 Å². The van der Waals surface area contributed by atoms with Gasteiger partial charge >= 0.3 is 6.18 Å².